The Morgan fingerprint density at radius 3 is 1.65 bits per heavy atom. The second-order valence-corrected chi connectivity index (χ2v) is 8.98. The van der Waals surface area contributed by atoms with Gasteiger partial charge < -0.3 is 0 Å². The summed E-state index contributed by atoms with van der Waals surface area (Å²) < 4.78 is 1.19. The number of fused-ring (bicyclic) bond motifs is 3. The minimum atomic E-state index is 1.05. The summed E-state index contributed by atoms with van der Waals surface area (Å²) in [5.41, 5.74) is 5.58. The summed E-state index contributed by atoms with van der Waals surface area (Å²) in [6.45, 7) is 0. The Morgan fingerprint density at radius 1 is 0.484 bits per heavy atom. The highest BCUT2D eigenvalue weighted by Crippen LogP contribution is 2.43. The molecule has 1 heteroatoms. The molecular weight excluding hydrogens is 440 g/mol. The molecule has 0 heterocycles. The average Bonchev–Trinajstić information content (AvgIpc) is 2.84. The molecule has 0 fully saturated rings. The lowest BCUT2D eigenvalue weighted by atomic mass is 9.84. The lowest BCUT2D eigenvalue weighted by Crippen LogP contribution is -1.97. The Bertz CT molecular complexity index is 1470. The van der Waals surface area contributed by atoms with Gasteiger partial charge in [-0.3, -0.25) is 0 Å². The molecule has 0 aromatic heterocycles. The summed E-state index contributed by atoms with van der Waals surface area (Å²) >= 11 is 3.87. The number of hydrogen-bond donors (Lipinski definition) is 0. The van der Waals surface area contributed by atoms with Crippen LogP contribution in [0.4, 0.5) is 0 Å². The van der Waals surface area contributed by atoms with E-state index in [1.807, 2.05) is 0 Å². The van der Waals surface area contributed by atoms with Gasteiger partial charge in [-0.15, -0.1) is 0 Å². The first kappa shape index (κ1) is 18.6. The zero-order valence-electron chi connectivity index (χ0n) is 17.1. The Morgan fingerprint density at radius 2 is 1.00 bits per heavy atom. The van der Waals surface area contributed by atoms with Crippen molar-refractivity contribution in [3.63, 3.8) is 0 Å². The lowest BCUT2D eigenvalue weighted by Gasteiger charge is -2.20. The maximum atomic E-state index is 3.87. The summed E-state index contributed by atoms with van der Waals surface area (Å²) in [6.07, 6.45) is 6.79. The molecule has 5 aromatic rings. The summed E-state index contributed by atoms with van der Waals surface area (Å²) in [4.78, 5) is 0. The van der Waals surface area contributed by atoms with Crippen molar-refractivity contribution in [2.75, 3.05) is 0 Å². The molecule has 0 bridgehead atoms. The van der Waals surface area contributed by atoms with Crippen LogP contribution in [0.2, 0.25) is 0 Å². The number of hydrogen-bond acceptors (Lipinski definition) is 0. The van der Waals surface area contributed by atoms with Gasteiger partial charge in [-0.25, -0.2) is 0 Å². The minimum Gasteiger partial charge on any atom is -0.0616 e. The van der Waals surface area contributed by atoms with Crippen molar-refractivity contribution in [1.29, 1.82) is 0 Å². The highest BCUT2D eigenvalue weighted by molar-refractivity contribution is 9.10. The highest BCUT2D eigenvalue weighted by atomic mass is 79.9. The molecule has 148 valence electrons. The van der Waals surface area contributed by atoms with E-state index in [2.05, 4.69) is 119 Å². The van der Waals surface area contributed by atoms with E-state index in [4.69, 9.17) is 0 Å². The van der Waals surface area contributed by atoms with Crippen LogP contribution in [0.25, 0.3) is 43.5 Å². The number of rotatable bonds is 2. The largest absolute Gasteiger partial charge is 0.0616 e. The van der Waals surface area contributed by atoms with Gasteiger partial charge >= 0.3 is 0 Å². The van der Waals surface area contributed by atoms with Crippen molar-refractivity contribution in [2.45, 2.75) is 12.8 Å². The first-order valence-electron chi connectivity index (χ1n) is 10.8. The van der Waals surface area contributed by atoms with Gasteiger partial charge in [-0.05, 0) is 83.4 Å². The third-order valence-electron chi connectivity index (χ3n) is 6.47. The average molecular weight is 461 g/mol. The molecule has 0 radical (unpaired) electrons. The van der Waals surface area contributed by atoms with Crippen molar-refractivity contribution < 1.29 is 0 Å². The SMILES string of the molecule is Brc1c2ccccc2c(C2=CC=C(c3cccc4ccccc34)CC2)c2ccccc12. The normalized spacial score (nSPS) is 14.1. The Kier molecular flexibility index (Phi) is 4.51. The van der Waals surface area contributed by atoms with Crippen molar-refractivity contribution in [3.8, 4) is 0 Å². The molecule has 1 aliphatic carbocycles. The summed E-state index contributed by atoms with van der Waals surface area (Å²) in [5, 5.41) is 7.85. The van der Waals surface area contributed by atoms with Gasteiger partial charge in [0.2, 0.25) is 0 Å². The topological polar surface area (TPSA) is 0 Å². The van der Waals surface area contributed by atoms with E-state index in [1.54, 1.807) is 0 Å². The third-order valence-corrected chi connectivity index (χ3v) is 7.33. The zero-order chi connectivity index (χ0) is 20.8. The fourth-order valence-electron chi connectivity index (χ4n) is 5.00. The van der Waals surface area contributed by atoms with E-state index in [0.717, 1.165) is 12.8 Å². The molecule has 31 heavy (non-hydrogen) atoms. The molecule has 0 spiro atoms. The molecule has 0 N–H and O–H groups in total. The summed E-state index contributed by atoms with van der Waals surface area (Å²) in [7, 11) is 0. The van der Waals surface area contributed by atoms with Gasteiger partial charge in [-0.1, -0.05) is 103 Å². The van der Waals surface area contributed by atoms with Crippen molar-refractivity contribution >= 4 is 59.4 Å². The van der Waals surface area contributed by atoms with E-state index >= 15 is 0 Å². The smallest absolute Gasteiger partial charge is 0.0332 e. The van der Waals surface area contributed by atoms with Crippen LogP contribution < -0.4 is 0 Å². The molecule has 0 amide bonds. The van der Waals surface area contributed by atoms with Crippen molar-refractivity contribution in [1.82, 2.24) is 0 Å². The molecule has 0 unspecified atom stereocenters. The number of allylic oxidation sites excluding steroid dienone is 4. The maximum Gasteiger partial charge on any atom is 0.0332 e. The van der Waals surface area contributed by atoms with E-state index in [0.29, 0.717) is 0 Å². The summed E-state index contributed by atoms with van der Waals surface area (Å²) in [5.74, 6) is 0. The fraction of sp³-hybridized carbons (Fsp3) is 0.0667. The van der Waals surface area contributed by atoms with Gasteiger partial charge in [0.15, 0.2) is 0 Å². The van der Waals surface area contributed by atoms with Crippen LogP contribution in [-0.4, -0.2) is 0 Å². The highest BCUT2D eigenvalue weighted by Gasteiger charge is 2.18. The van der Waals surface area contributed by atoms with Gasteiger partial charge in [0.25, 0.3) is 0 Å². The first-order chi connectivity index (χ1) is 15.3. The molecule has 1 aliphatic rings. The predicted molar refractivity (Wildman–Crippen MR) is 138 cm³/mol. The van der Waals surface area contributed by atoms with Crippen LogP contribution >= 0.6 is 15.9 Å². The molecule has 0 aliphatic heterocycles. The van der Waals surface area contributed by atoms with Crippen LogP contribution in [-0.2, 0) is 0 Å². The van der Waals surface area contributed by atoms with Crippen LogP contribution in [0, 0.1) is 0 Å². The van der Waals surface area contributed by atoms with Crippen molar-refractivity contribution in [2.24, 2.45) is 0 Å². The van der Waals surface area contributed by atoms with E-state index in [1.165, 1.54) is 59.1 Å². The maximum absolute atomic E-state index is 3.87. The van der Waals surface area contributed by atoms with Crippen molar-refractivity contribution in [3.05, 3.63) is 119 Å². The monoisotopic (exact) mass is 460 g/mol. The van der Waals surface area contributed by atoms with E-state index in [-0.39, 0.29) is 0 Å². The fourth-order valence-corrected chi connectivity index (χ4v) is 5.69. The van der Waals surface area contributed by atoms with E-state index in [9.17, 15) is 0 Å². The van der Waals surface area contributed by atoms with Gasteiger partial charge in [0.1, 0.15) is 0 Å². The van der Waals surface area contributed by atoms with Gasteiger partial charge in [0, 0.05) is 4.47 Å². The molecule has 6 rings (SSSR count). The Labute approximate surface area is 190 Å². The lowest BCUT2D eigenvalue weighted by molar-refractivity contribution is 1.08. The standard InChI is InChI=1S/C30H21Br/c31-30-27-13-5-3-11-25(27)29(26-12-4-6-14-28(26)30)22-18-16-21(17-19-22)24-15-7-9-20-8-1-2-10-23(20)24/h1-16,18H,17,19H2. The van der Waals surface area contributed by atoms with Gasteiger partial charge in [0.05, 0.1) is 0 Å². The quantitative estimate of drug-likeness (QED) is 0.230. The van der Waals surface area contributed by atoms with Gasteiger partial charge in [-0.2, -0.15) is 0 Å². The second-order valence-electron chi connectivity index (χ2n) is 8.19. The van der Waals surface area contributed by atoms with Crippen LogP contribution in [0.3, 0.4) is 0 Å². The van der Waals surface area contributed by atoms with Crippen LogP contribution in [0.1, 0.15) is 24.0 Å². The third kappa shape index (κ3) is 3.04. The number of halogens is 1. The molecule has 0 saturated carbocycles. The zero-order valence-corrected chi connectivity index (χ0v) is 18.7. The van der Waals surface area contributed by atoms with E-state index < -0.39 is 0 Å². The predicted octanol–water partition coefficient (Wildman–Crippen LogP) is 9.17. The Balaban J connectivity index is 1.56. The first-order valence-corrected chi connectivity index (χ1v) is 11.6. The molecule has 0 atom stereocenters. The molecule has 5 aromatic carbocycles. The van der Waals surface area contributed by atoms with Crippen LogP contribution in [0.15, 0.2) is 108 Å². The summed E-state index contributed by atoms with van der Waals surface area (Å²) in [6, 6.07) is 32.8. The number of benzene rings is 5. The molecule has 0 saturated heterocycles. The molecule has 0 nitrogen and oxygen atoms in total. The second kappa shape index (κ2) is 7.51. The Hall–Kier alpha value is -3.16. The molecular formula is C30H21Br. The van der Waals surface area contributed by atoms with Crippen LogP contribution in [0.5, 0.6) is 0 Å². The minimum absolute atomic E-state index is 1.05.